The normalized spacial score (nSPS) is 16.7. The Morgan fingerprint density at radius 3 is 2.82 bits per heavy atom. The first kappa shape index (κ1) is 23.4. The minimum Gasteiger partial charge on any atom is -0.323 e. The van der Waals surface area contributed by atoms with E-state index in [0.29, 0.717) is 30.7 Å². The highest BCUT2D eigenvalue weighted by molar-refractivity contribution is 6.06. The Kier molecular flexibility index (Phi) is 6.93. The Bertz CT molecular complexity index is 1250. The fourth-order valence-electron chi connectivity index (χ4n) is 3.88. The lowest BCUT2D eigenvalue weighted by molar-refractivity contribution is -0.0566. The number of nitrogens with one attached hydrogen (secondary N) is 2. The number of nitrogens with zero attached hydrogens (tertiary/aromatic N) is 4. The number of aliphatic imine (C=N–C) groups is 1. The zero-order valence-electron chi connectivity index (χ0n) is 18.9. The number of rotatable bonds is 7. The molecule has 0 bridgehead atoms. The van der Waals surface area contributed by atoms with Crippen LogP contribution < -0.4 is 5.32 Å². The van der Waals surface area contributed by atoms with Gasteiger partial charge >= 0.3 is 0 Å². The zero-order chi connectivity index (χ0) is 24.1. The number of halogens is 2. The van der Waals surface area contributed by atoms with Gasteiger partial charge in [0.25, 0.3) is 11.8 Å². The number of H-pyrrole nitrogens is 1. The van der Waals surface area contributed by atoms with Gasteiger partial charge in [-0.25, -0.2) is 8.78 Å². The number of alkyl halides is 2. The van der Waals surface area contributed by atoms with Gasteiger partial charge in [0.2, 0.25) is 0 Å². The van der Waals surface area contributed by atoms with Gasteiger partial charge in [0.1, 0.15) is 0 Å². The molecule has 3 aromatic rings. The smallest absolute Gasteiger partial charge is 0.276 e. The minimum absolute atomic E-state index is 0.114. The van der Waals surface area contributed by atoms with Gasteiger partial charge in [0.15, 0.2) is 5.69 Å². The maximum absolute atomic E-state index is 13.4. The molecule has 0 aliphatic carbocycles. The summed E-state index contributed by atoms with van der Waals surface area (Å²) in [4.78, 5) is 23.1. The van der Waals surface area contributed by atoms with Crippen molar-refractivity contribution in [2.45, 2.75) is 32.2 Å². The number of hydrogen-bond acceptors (Lipinski definition) is 5. The number of piperidine rings is 1. The molecular formula is C25H26F2N6O. The van der Waals surface area contributed by atoms with Crippen LogP contribution in [-0.2, 0) is 6.54 Å². The van der Waals surface area contributed by atoms with Crippen molar-refractivity contribution in [2.75, 3.05) is 13.1 Å². The molecule has 0 saturated carbocycles. The van der Waals surface area contributed by atoms with Crippen LogP contribution in [-0.4, -0.2) is 51.2 Å². The SMILES string of the molecule is C=CC=N/C=C(\C)NC(=O)c1n[nH]c2ccc(-c3cncc(CN4CCC(F)(F)CC4)c3)cc12. The van der Waals surface area contributed by atoms with Crippen LogP contribution in [0, 0.1) is 0 Å². The summed E-state index contributed by atoms with van der Waals surface area (Å²) in [6.45, 7) is 6.58. The number of fused-ring (bicyclic) bond motifs is 1. The number of aromatic amines is 1. The molecule has 9 heteroatoms. The van der Waals surface area contributed by atoms with Crippen LogP contribution in [0.2, 0.25) is 0 Å². The van der Waals surface area contributed by atoms with Crippen LogP contribution >= 0.6 is 0 Å². The third kappa shape index (κ3) is 5.60. The number of benzene rings is 1. The molecule has 1 fully saturated rings. The lowest BCUT2D eigenvalue weighted by Gasteiger charge is -2.31. The first-order valence-electron chi connectivity index (χ1n) is 11.0. The monoisotopic (exact) mass is 464 g/mol. The molecule has 0 unspecified atom stereocenters. The molecule has 4 rings (SSSR count). The fraction of sp³-hybridized carbons (Fsp3) is 0.280. The lowest BCUT2D eigenvalue weighted by atomic mass is 10.0. The highest BCUT2D eigenvalue weighted by atomic mass is 19.3. The van der Waals surface area contributed by atoms with E-state index in [1.54, 1.807) is 25.4 Å². The van der Waals surface area contributed by atoms with Gasteiger partial charge in [0.05, 0.1) is 5.52 Å². The molecule has 2 N–H and O–H groups in total. The van der Waals surface area contributed by atoms with Gasteiger partial charge in [-0.05, 0) is 36.2 Å². The molecule has 1 aliphatic heterocycles. The second-order valence-electron chi connectivity index (χ2n) is 8.35. The Balaban J connectivity index is 1.53. The first-order chi connectivity index (χ1) is 16.3. The molecular weight excluding hydrogens is 438 g/mol. The van der Waals surface area contributed by atoms with Crippen molar-refractivity contribution in [3.63, 3.8) is 0 Å². The molecule has 0 radical (unpaired) electrons. The minimum atomic E-state index is -2.56. The molecule has 1 amide bonds. The quantitative estimate of drug-likeness (QED) is 0.496. The van der Waals surface area contributed by atoms with Gasteiger partial charge in [0, 0.05) is 73.9 Å². The Morgan fingerprint density at radius 2 is 2.06 bits per heavy atom. The molecule has 7 nitrogen and oxygen atoms in total. The van der Waals surface area contributed by atoms with E-state index >= 15 is 0 Å². The number of carbonyl (C=O) groups excluding carboxylic acids is 1. The highest BCUT2D eigenvalue weighted by Gasteiger charge is 2.33. The molecule has 3 heterocycles. The van der Waals surface area contributed by atoms with Gasteiger partial charge < -0.3 is 5.32 Å². The van der Waals surface area contributed by atoms with Crippen LogP contribution in [0.25, 0.3) is 22.0 Å². The number of amides is 1. The second-order valence-corrected chi connectivity index (χ2v) is 8.35. The zero-order valence-corrected chi connectivity index (χ0v) is 18.9. The van der Waals surface area contributed by atoms with E-state index in [9.17, 15) is 13.6 Å². The van der Waals surface area contributed by atoms with Crippen molar-refractivity contribution in [3.8, 4) is 11.1 Å². The maximum atomic E-state index is 13.4. The van der Waals surface area contributed by atoms with E-state index < -0.39 is 5.92 Å². The molecule has 0 atom stereocenters. The van der Waals surface area contributed by atoms with Crippen molar-refractivity contribution in [2.24, 2.45) is 4.99 Å². The van der Waals surface area contributed by atoms with Gasteiger partial charge in [-0.3, -0.25) is 24.8 Å². The Labute approximate surface area is 196 Å². The Hall–Kier alpha value is -3.72. The number of aromatic nitrogens is 3. The summed E-state index contributed by atoms with van der Waals surface area (Å²) >= 11 is 0. The molecule has 2 aromatic heterocycles. The van der Waals surface area contributed by atoms with E-state index in [4.69, 9.17) is 0 Å². The largest absolute Gasteiger partial charge is 0.323 e. The maximum Gasteiger partial charge on any atom is 0.276 e. The summed E-state index contributed by atoms with van der Waals surface area (Å²) in [5.74, 6) is -2.91. The van der Waals surface area contributed by atoms with Crippen LogP contribution in [0.4, 0.5) is 8.78 Å². The standard InChI is InChI=1S/C25H26F2N6O/c1-3-8-28-13-17(2)30-24(34)23-21-12-19(4-5-22(21)31-32-23)20-11-18(14-29-15-20)16-33-9-6-25(26,27)7-10-33/h3-5,8,11-15H,1,6-7,9-10,16H2,2H3,(H,30,34)(H,31,32)/b17-13+,28-8?. The van der Waals surface area contributed by atoms with Gasteiger partial charge in [-0.15, -0.1) is 0 Å². The average Bonchev–Trinajstić information content (AvgIpc) is 3.24. The number of carbonyl (C=O) groups is 1. The predicted octanol–water partition coefficient (Wildman–Crippen LogP) is 4.70. The fourth-order valence-corrected chi connectivity index (χ4v) is 3.88. The average molecular weight is 465 g/mol. The topological polar surface area (TPSA) is 86.3 Å². The summed E-state index contributed by atoms with van der Waals surface area (Å²) in [6, 6.07) is 7.70. The predicted molar refractivity (Wildman–Crippen MR) is 129 cm³/mol. The lowest BCUT2D eigenvalue weighted by Crippen LogP contribution is -2.38. The third-order valence-corrected chi connectivity index (χ3v) is 5.67. The molecule has 1 aromatic carbocycles. The third-order valence-electron chi connectivity index (χ3n) is 5.67. The first-order valence-corrected chi connectivity index (χ1v) is 11.0. The highest BCUT2D eigenvalue weighted by Crippen LogP contribution is 2.29. The van der Waals surface area contributed by atoms with Gasteiger partial charge in [-0.2, -0.15) is 5.10 Å². The van der Waals surface area contributed by atoms with Crippen molar-refractivity contribution in [1.29, 1.82) is 0 Å². The van der Waals surface area contributed by atoms with Gasteiger partial charge in [-0.1, -0.05) is 18.7 Å². The summed E-state index contributed by atoms with van der Waals surface area (Å²) in [7, 11) is 0. The van der Waals surface area contributed by atoms with Crippen molar-refractivity contribution < 1.29 is 13.6 Å². The molecule has 1 saturated heterocycles. The van der Waals surface area contributed by atoms with Crippen molar-refractivity contribution >= 4 is 23.0 Å². The van der Waals surface area contributed by atoms with Crippen molar-refractivity contribution in [1.82, 2.24) is 25.4 Å². The van der Waals surface area contributed by atoms with E-state index in [0.717, 1.165) is 22.2 Å². The summed E-state index contributed by atoms with van der Waals surface area (Å²) < 4.78 is 26.9. The van der Waals surface area contributed by atoms with E-state index in [2.05, 4.69) is 32.1 Å². The molecule has 0 spiro atoms. The number of likely N-dealkylation sites (tertiary alicyclic amines) is 1. The van der Waals surface area contributed by atoms with E-state index in [1.807, 2.05) is 29.2 Å². The van der Waals surface area contributed by atoms with E-state index in [-0.39, 0.29) is 24.4 Å². The number of allylic oxidation sites excluding steroid dienone is 2. The molecule has 1 aliphatic rings. The molecule has 176 valence electrons. The van der Waals surface area contributed by atoms with Crippen molar-refractivity contribution in [3.05, 3.63) is 72.5 Å². The summed E-state index contributed by atoms with van der Waals surface area (Å²) in [5, 5.41) is 10.5. The Morgan fingerprint density at radius 1 is 1.26 bits per heavy atom. The number of hydrogen-bond donors (Lipinski definition) is 2. The van der Waals surface area contributed by atoms with Crippen LogP contribution in [0.3, 0.4) is 0 Å². The van der Waals surface area contributed by atoms with Crippen LogP contribution in [0.5, 0.6) is 0 Å². The second kappa shape index (κ2) is 10.0. The van der Waals surface area contributed by atoms with Crippen LogP contribution in [0.1, 0.15) is 35.8 Å². The van der Waals surface area contributed by atoms with Crippen LogP contribution in [0.15, 0.2) is 66.2 Å². The summed E-state index contributed by atoms with van der Waals surface area (Å²) in [6.07, 6.45) is 7.88. The summed E-state index contributed by atoms with van der Waals surface area (Å²) in [5.41, 5.74) is 4.29. The van der Waals surface area contributed by atoms with E-state index in [1.165, 1.54) is 12.4 Å². The molecule has 34 heavy (non-hydrogen) atoms. The number of pyridine rings is 1.